The highest BCUT2D eigenvalue weighted by atomic mass is 19.1. The van der Waals surface area contributed by atoms with E-state index in [2.05, 4.69) is 42.0 Å². The number of hydrogen-bond donors (Lipinski definition) is 1. The van der Waals surface area contributed by atoms with Crippen molar-refractivity contribution < 1.29 is 9.18 Å². The Morgan fingerprint density at radius 2 is 2.00 bits per heavy atom. The van der Waals surface area contributed by atoms with Gasteiger partial charge in [-0.25, -0.2) is 4.39 Å². The smallest absolute Gasteiger partial charge is 0.172 e. The molecule has 1 aliphatic rings. The SMILES string of the molecule is C=CCN(C)CCCCCc1ccc2c(c1)C(C(=O)c1ccc(F)cc1)CN2. The van der Waals surface area contributed by atoms with Crippen molar-refractivity contribution in [3.63, 3.8) is 0 Å². The van der Waals surface area contributed by atoms with E-state index in [1.807, 2.05) is 6.08 Å². The van der Waals surface area contributed by atoms with Crippen LogP contribution in [0.4, 0.5) is 10.1 Å². The molecule has 2 aromatic carbocycles. The van der Waals surface area contributed by atoms with Crippen LogP contribution in [0.5, 0.6) is 0 Å². The second-order valence-electron chi connectivity index (χ2n) is 7.59. The minimum atomic E-state index is -0.320. The van der Waals surface area contributed by atoms with E-state index in [-0.39, 0.29) is 17.5 Å². The summed E-state index contributed by atoms with van der Waals surface area (Å²) in [6.07, 6.45) is 6.47. The Bertz CT molecular complexity index is 816. The molecule has 0 amide bonds. The van der Waals surface area contributed by atoms with Gasteiger partial charge in [-0.05, 0) is 74.3 Å². The summed E-state index contributed by atoms with van der Waals surface area (Å²) < 4.78 is 13.1. The lowest BCUT2D eigenvalue weighted by atomic mass is 9.90. The molecule has 1 atom stereocenters. The number of carbonyl (C=O) groups is 1. The van der Waals surface area contributed by atoms with Gasteiger partial charge in [-0.15, -0.1) is 6.58 Å². The van der Waals surface area contributed by atoms with Crippen LogP contribution in [0.1, 0.15) is 46.7 Å². The first kappa shape index (κ1) is 20.3. The monoisotopic (exact) mass is 380 g/mol. The number of halogens is 1. The van der Waals surface area contributed by atoms with Crippen molar-refractivity contribution in [2.75, 3.05) is 32.0 Å². The number of carbonyl (C=O) groups excluding carboxylic acids is 1. The van der Waals surface area contributed by atoms with Crippen LogP contribution >= 0.6 is 0 Å². The fourth-order valence-corrected chi connectivity index (χ4v) is 3.79. The van der Waals surface area contributed by atoms with Crippen LogP contribution < -0.4 is 5.32 Å². The number of likely N-dealkylation sites (N-methyl/N-ethyl adjacent to an activating group) is 1. The molecule has 0 aliphatic carbocycles. The van der Waals surface area contributed by atoms with Gasteiger partial charge >= 0.3 is 0 Å². The average Bonchev–Trinajstić information content (AvgIpc) is 3.11. The normalized spacial score (nSPS) is 15.3. The standard InChI is InChI=1S/C24H29FN2O/c1-3-14-27(2)15-6-4-5-7-18-8-13-23-21(16-18)22(17-26-23)24(28)19-9-11-20(25)12-10-19/h3,8-13,16,22,26H,1,4-7,14-15,17H2,2H3. The minimum absolute atomic E-state index is 0.0497. The molecular formula is C24H29FN2O. The first-order valence-electron chi connectivity index (χ1n) is 10.0. The lowest BCUT2D eigenvalue weighted by molar-refractivity contribution is 0.0966. The topological polar surface area (TPSA) is 32.3 Å². The van der Waals surface area contributed by atoms with E-state index >= 15 is 0 Å². The molecule has 1 heterocycles. The molecular weight excluding hydrogens is 351 g/mol. The Kier molecular flexibility index (Phi) is 6.99. The largest absolute Gasteiger partial charge is 0.384 e. The summed E-state index contributed by atoms with van der Waals surface area (Å²) in [5.74, 6) is -0.471. The number of nitrogens with one attached hydrogen (secondary N) is 1. The fraction of sp³-hybridized carbons (Fsp3) is 0.375. The van der Waals surface area contributed by atoms with Crippen LogP contribution in [0.2, 0.25) is 0 Å². The molecule has 2 aromatic rings. The lowest BCUT2D eigenvalue weighted by Crippen LogP contribution is -2.19. The number of anilines is 1. The molecule has 3 nitrogen and oxygen atoms in total. The summed E-state index contributed by atoms with van der Waals surface area (Å²) in [7, 11) is 2.12. The van der Waals surface area contributed by atoms with E-state index in [9.17, 15) is 9.18 Å². The maximum Gasteiger partial charge on any atom is 0.172 e. The van der Waals surface area contributed by atoms with Crippen molar-refractivity contribution in [3.8, 4) is 0 Å². The van der Waals surface area contributed by atoms with E-state index in [0.29, 0.717) is 12.1 Å². The number of rotatable bonds is 10. The van der Waals surface area contributed by atoms with Crippen molar-refractivity contribution in [3.05, 3.63) is 77.6 Å². The van der Waals surface area contributed by atoms with Gasteiger partial charge in [0.15, 0.2) is 5.78 Å². The van der Waals surface area contributed by atoms with Crippen molar-refractivity contribution in [2.24, 2.45) is 0 Å². The van der Waals surface area contributed by atoms with Crippen LogP contribution in [-0.2, 0) is 6.42 Å². The maximum absolute atomic E-state index is 13.1. The predicted molar refractivity (Wildman–Crippen MR) is 114 cm³/mol. The highest BCUT2D eigenvalue weighted by Crippen LogP contribution is 2.34. The summed E-state index contributed by atoms with van der Waals surface area (Å²) in [6.45, 7) is 6.39. The number of unbranched alkanes of at least 4 members (excludes halogenated alkanes) is 2. The van der Waals surface area contributed by atoms with Crippen LogP contribution in [0.15, 0.2) is 55.1 Å². The molecule has 0 bridgehead atoms. The van der Waals surface area contributed by atoms with Gasteiger partial charge in [0.05, 0.1) is 5.92 Å². The second-order valence-corrected chi connectivity index (χ2v) is 7.59. The Balaban J connectivity index is 1.57. The maximum atomic E-state index is 13.1. The summed E-state index contributed by atoms with van der Waals surface area (Å²) in [5, 5.41) is 3.33. The van der Waals surface area contributed by atoms with Gasteiger partial charge in [-0.1, -0.05) is 24.6 Å². The molecule has 3 rings (SSSR count). The van der Waals surface area contributed by atoms with Gasteiger partial charge in [0, 0.05) is 24.3 Å². The zero-order valence-corrected chi connectivity index (χ0v) is 16.6. The molecule has 4 heteroatoms. The highest BCUT2D eigenvalue weighted by Gasteiger charge is 2.29. The number of ketones is 1. The van der Waals surface area contributed by atoms with Gasteiger partial charge in [0.25, 0.3) is 0 Å². The predicted octanol–water partition coefficient (Wildman–Crippen LogP) is 5.05. The van der Waals surface area contributed by atoms with E-state index in [4.69, 9.17) is 0 Å². The molecule has 0 saturated heterocycles. The molecule has 1 unspecified atom stereocenters. The van der Waals surface area contributed by atoms with Crippen LogP contribution in [0.3, 0.4) is 0 Å². The number of benzene rings is 2. The zero-order valence-electron chi connectivity index (χ0n) is 16.6. The van der Waals surface area contributed by atoms with Crippen LogP contribution in [-0.4, -0.2) is 37.4 Å². The molecule has 1 aliphatic heterocycles. The average molecular weight is 381 g/mol. The summed E-state index contributed by atoms with van der Waals surface area (Å²) in [6, 6.07) is 12.2. The number of hydrogen-bond acceptors (Lipinski definition) is 3. The third-order valence-corrected chi connectivity index (χ3v) is 5.38. The summed E-state index contributed by atoms with van der Waals surface area (Å²) in [4.78, 5) is 15.2. The van der Waals surface area contributed by atoms with Gasteiger partial charge in [-0.3, -0.25) is 4.79 Å². The Morgan fingerprint density at radius 3 is 2.75 bits per heavy atom. The number of Topliss-reactive ketones (excluding diaryl/α,β-unsaturated/α-hetero) is 1. The van der Waals surface area contributed by atoms with E-state index in [1.54, 1.807) is 12.1 Å². The van der Waals surface area contributed by atoms with E-state index < -0.39 is 0 Å². The summed E-state index contributed by atoms with van der Waals surface area (Å²) in [5.41, 5.74) is 3.95. The van der Waals surface area contributed by atoms with Crippen molar-refractivity contribution in [1.29, 1.82) is 0 Å². The van der Waals surface area contributed by atoms with Gasteiger partial charge in [0.1, 0.15) is 5.82 Å². The van der Waals surface area contributed by atoms with Gasteiger partial charge < -0.3 is 10.2 Å². The Labute approximate surface area is 167 Å². The van der Waals surface area contributed by atoms with Crippen molar-refractivity contribution >= 4 is 11.5 Å². The lowest BCUT2D eigenvalue weighted by Gasteiger charge is -2.14. The Hall–Kier alpha value is -2.46. The third kappa shape index (κ3) is 5.08. The second kappa shape index (κ2) is 9.65. The first-order valence-corrected chi connectivity index (χ1v) is 10.0. The molecule has 1 N–H and O–H groups in total. The van der Waals surface area contributed by atoms with E-state index in [0.717, 1.165) is 37.2 Å². The van der Waals surface area contributed by atoms with Crippen molar-refractivity contribution in [2.45, 2.75) is 31.6 Å². The highest BCUT2D eigenvalue weighted by molar-refractivity contribution is 6.03. The fourth-order valence-electron chi connectivity index (χ4n) is 3.79. The van der Waals surface area contributed by atoms with Crippen LogP contribution in [0.25, 0.3) is 0 Å². The molecule has 0 saturated carbocycles. The van der Waals surface area contributed by atoms with Crippen LogP contribution in [0, 0.1) is 5.82 Å². The quantitative estimate of drug-likeness (QED) is 0.356. The third-order valence-electron chi connectivity index (χ3n) is 5.38. The molecule has 0 radical (unpaired) electrons. The number of aryl methyl sites for hydroxylation is 1. The zero-order chi connectivity index (χ0) is 19.9. The Morgan fingerprint density at radius 1 is 1.21 bits per heavy atom. The molecule has 28 heavy (non-hydrogen) atoms. The van der Waals surface area contributed by atoms with E-state index in [1.165, 1.54) is 30.5 Å². The molecule has 0 spiro atoms. The number of fused-ring (bicyclic) bond motifs is 1. The van der Waals surface area contributed by atoms with Gasteiger partial charge in [0.2, 0.25) is 0 Å². The molecule has 148 valence electrons. The number of nitrogens with zero attached hydrogens (tertiary/aromatic N) is 1. The van der Waals surface area contributed by atoms with Gasteiger partial charge in [-0.2, -0.15) is 0 Å². The first-order chi connectivity index (χ1) is 13.6. The minimum Gasteiger partial charge on any atom is -0.384 e. The molecule has 0 aromatic heterocycles. The van der Waals surface area contributed by atoms with Crippen molar-refractivity contribution in [1.82, 2.24) is 4.90 Å². The summed E-state index contributed by atoms with van der Waals surface area (Å²) >= 11 is 0. The molecule has 0 fully saturated rings.